The first kappa shape index (κ1) is 24.5. The molecule has 0 radical (unpaired) electrons. The standard InChI is InChI=1S/C25H35N3O6/c1-5-13-26-21(30)18-19-23(32)28(16(6-2)14-29)20(25(19)12-11-24(18,3)34-25)22(31)27-15-7-9-17(33-4)10-8-15/h7-10,16,18-20,29H,5-6,11-14H2,1-4H3,(H,26,30)(H,27,31)/t16-,18-,19-,20?,24+,25?/m0/s1. The zero-order chi connectivity index (χ0) is 24.7. The number of methoxy groups -OCH3 is 1. The van der Waals surface area contributed by atoms with E-state index >= 15 is 0 Å². The molecular weight excluding hydrogens is 438 g/mol. The fourth-order valence-electron chi connectivity index (χ4n) is 6.11. The number of hydrogen-bond acceptors (Lipinski definition) is 6. The van der Waals surface area contributed by atoms with Crippen LogP contribution in [0, 0.1) is 11.8 Å². The van der Waals surface area contributed by atoms with Crippen molar-refractivity contribution in [2.24, 2.45) is 11.8 Å². The summed E-state index contributed by atoms with van der Waals surface area (Å²) >= 11 is 0. The second kappa shape index (κ2) is 9.19. The van der Waals surface area contributed by atoms with E-state index in [2.05, 4.69) is 10.6 Å². The lowest BCUT2D eigenvalue weighted by molar-refractivity contribution is -0.148. The molecule has 3 aliphatic rings. The van der Waals surface area contributed by atoms with Crippen LogP contribution in [-0.2, 0) is 19.1 Å². The van der Waals surface area contributed by atoms with Gasteiger partial charge in [0.25, 0.3) is 0 Å². The van der Waals surface area contributed by atoms with Crippen molar-refractivity contribution in [3.05, 3.63) is 24.3 Å². The van der Waals surface area contributed by atoms with Crippen LogP contribution < -0.4 is 15.4 Å². The third kappa shape index (κ3) is 3.65. The van der Waals surface area contributed by atoms with Gasteiger partial charge in [0.15, 0.2) is 0 Å². The van der Waals surface area contributed by atoms with Gasteiger partial charge in [0.2, 0.25) is 17.7 Å². The van der Waals surface area contributed by atoms with Gasteiger partial charge < -0.3 is 30.1 Å². The van der Waals surface area contributed by atoms with E-state index in [9.17, 15) is 19.5 Å². The van der Waals surface area contributed by atoms with E-state index in [1.54, 1.807) is 31.4 Å². The number of carbonyl (C=O) groups excluding carboxylic acids is 3. The fourth-order valence-corrected chi connectivity index (χ4v) is 6.11. The van der Waals surface area contributed by atoms with Crippen LogP contribution in [0.3, 0.4) is 0 Å². The average molecular weight is 474 g/mol. The molecule has 0 saturated carbocycles. The molecule has 2 bridgehead atoms. The normalized spacial score (nSPS) is 32.4. The zero-order valence-electron chi connectivity index (χ0n) is 20.3. The molecule has 3 fully saturated rings. The molecule has 0 aliphatic carbocycles. The van der Waals surface area contributed by atoms with Crippen LogP contribution in [-0.4, -0.2) is 71.3 Å². The van der Waals surface area contributed by atoms with Gasteiger partial charge in [0.1, 0.15) is 17.4 Å². The highest BCUT2D eigenvalue weighted by Gasteiger charge is 2.78. The van der Waals surface area contributed by atoms with Crippen LogP contribution in [0.25, 0.3) is 0 Å². The molecular formula is C25H35N3O6. The Hall–Kier alpha value is -2.65. The molecule has 3 aliphatic heterocycles. The molecule has 9 nitrogen and oxygen atoms in total. The van der Waals surface area contributed by atoms with Gasteiger partial charge >= 0.3 is 0 Å². The molecule has 3 N–H and O–H groups in total. The lowest BCUT2D eigenvalue weighted by Crippen LogP contribution is -2.56. The van der Waals surface area contributed by atoms with Gasteiger partial charge in [0.05, 0.1) is 37.2 Å². The number of hydrogen-bond donors (Lipinski definition) is 3. The molecule has 34 heavy (non-hydrogen) atoms. The Morgan fingerprint density at radius 2 is 1.94 bits per heavy atom. The number of amides is 3. The van der Waals surface area contributed by atoms with E-state index in [-0.39, 0.29) is 24.3 Å². The Bertz CT molecular complexity index is 948. The molecule has 186 valence electrons. The lowest BCUT2D eigenvalue weighted by atomic mass is 9.66. The van der Waals surface area contributed by atoms with Crippen molar-refractivity contribution in [1.29, 1.82) is 0 Å². The third-order valence-electron chi connectivity index (χ3n) is 7.73. The Morgan fingerprint density at radius 3 is 2.53 bits per heavy atom. The van der Waals surface area contributed by atoms with E-state index in [4.69, 9.17) is 9.47 Å². The largest absolute Gasteiger partial charge is 0.497 e. The molecule has 4 rings (SSSR count). The van der Waals surface area contributed by atoms with E-state index in [1.165, 1.54) is 4.90 Å². The number of aliphatic hydroxyl groups is 1. The summed E-state index contributed by atoms with van der Waals surface area (Å²) in [5.74, 6) is -1.68. The number of nitrogens with one attached hydrogen (secondary N) is 2. The van der Waals surface area contributed by atoms with Crippen LogP contribution in [0.2, 0.25) is 0 Å². The Kier molecular flexibility index (Phi) is 6.61. The topological polar surface area (TPSA) is 117 Å². The molecule has 0 aromatic heterocycles. The van der Waals surface area contributed by atoms with Gasteiger partial charge in [0, 0.05) is 12.2 Å². The second-order valence-corrected chi connectivity index (χ2v) is 9.73. The highest BCUT2D eigenvalue weighted by atomic mass is 16.5. The Morgan fingerprint density at radius 1 is 1.24 bits per heavy atom. The summed E-state index contributed by atoms with van der Waals surface area (Å²) in [6.07, 6.45) is 2.33. The van der Waals surface area contributed by atoms with Gasteiger partial charge in [-0.05, 0) is 56.9 Å². The van der Waals surface area contributed by atoms with Gasteiger partial charge in [-0.15, -0.1) is 0 Å². The minimum Gasteiger partial charge on any atom is -0.497 e. The zero-order valence-corrected chi connectivity index (χ0v) is 20.3. The quantitative estimate of drug-likeness (QED) is 0.503. The smallest absolute Gasteiger partial charge is 0.250 e. The number of aliphatic hydroxyl groups excluding tert-OH is 1. The molecule has 9 heteroatoms. The minimum absolute atomic E-state index is 0.211. The highest BCUT2D eigenvalue weighted by molar-refractivity contribution is 6.03. The summed E-state index contributed by atoms with van der Waals surface area (Å²) in [6, 6.07) is 5.44. The molecule has 1 aromatic rings. The van der Waals surface area contributed by atoms with Crippen molar-refractivity contribution in [2.75, 3.05) is 25.6 Å². The summed E-state index contributed by atoms with van der Waals surface area (Å²) in [6.45, 7) is 5.94. The summed E-state index contributed by atoms with van der Waals surface area (Å²) < 4.78 is 11.7. The molecule has 2 unspecified atom stereocenters. The molecule has 3 amide bonds. The number of carbonyl (C=O) groups is 3. The minimum atomic E-state index is -1.11. The van der Waals surface area contributed by atoms with Crippen LogP contribution in [0.15, 0.2) is 24.3 Å². The summed E-state index contributed by atoms with van der Waals surface area (Å²) in [5, 5.41) is 15.9. The monoisotopic (exact) mass is 473 g/mol. The van der Waals surface area contributed by atoms with E-state index < -0.39 is 35.1 Å². The van der Waals surface area contributed by atoms with Gasteiger partial charge in [-0.3, -0.25) is 14.4 Å². The lowest BCUT2D eigenvalue weighted by Gasteiger charge is -2.36. The Balaban J connectivity index is 1.72. The number of benzene rings is 1. The maximum Gasteiger partial charge on any atom is 0.250 e. The SMILES string of the molecule is CCCNC(=O)[C@@H]1[C@H]2C(=O)N([C@@H](CC)CO)C(C(=O)Nc3ccc(OC)cc3)C23CC[C@@]1(C)O3. The fraction of sp³-hybridized carbons (Fsp3) is 0.640. The van der Waals surface area contributed by atoms with Crippen molar-refractivity contribution < 1.29 is 29.0 Å². The molecule has 6 atom stereocenters. The summed E-state index contributed by atoms with van der Waals surface area (Å²) in [4.78, 5) is 42.3. The van der Waals surface area contributed by atoms with Crippen molar-refractivity contribution in [1.82, 2.24) is 10.2 Å². The summed E-state index contributed by atoms with van der Waals surface area (Å²) in [5.41, 5.74) is -1.37. The van der Waals surface area contributed by atoms with E-state index in [1.807, 2.05) is 20.8 Å². The highest BCUT2D eigenvalue weighted by Crippen LogP contribution is 2.63. The number of fused-ring (bicyclic) bond motifs is 1. The van der Waals surface area contributed by atoms with E-state index in [0.29, 0.717) is 37.2 Å². The third-order valence-corrected chi connectivity index (χ3v) is 7.73. The van der Waals surface area contributed by atoms with Crippen molar-refractivity contribution >= 4 is 23.4 Å². The van der Waals surface area contributed by atoms with Crippen LogP contribution >= 0.6 is 0 Å². The average Bonchev–Trinajstić information content (AvgIpc) is 3.40. The number of ether oxygens (including phenoxy) is 2. The maximum absolute atomic E-state index is 13.9. The van der Waals surface area contributed by atoms with Crippen LogP contribution in [0.5, 0.6) is 5.75 Å². The van der Waals surface area contributed by atoms with Gasteiger partial charge in [-0.25, -0.2) is 0 Å². The number of likely N-dealkylation sites (tertiary alicyclic amines) is 1. The predicted octanol–water partition coefficient (Wildman–Crippen LogP) is 1.70. The number of anilines is 1. The van der Waals surface area contributed by atoms with Gasteiger partial charge in [-0.2, -0.15) is 0 Å². The van der Waals surface area contributed by atoms with E-state index in [0.717, 1.165) is 6.42 Å². The molecule has 1 aromatic carbocycles. The predicted molar refractivity (Wildman–Crippen MR) is 125 cm³/mol. The van der Waals surface area contributed by atoms with Crippen LogP contribution in [0.4, 0.5) is 5.69 Å². The molecule has 1 spiro atoms. The maximum atomic E-state index is 13.9. The second-order valence-electron chi connectivity index (χ2n) is 9.73. The number of rotatable bonds is 9. The van der Waals surface area contributed by atoms with Crippen molar-refractivity contribution in [3.63, 3.8) is 0 Å². The van der Waals surface area contributed by atoms with Crippen molar-refractivity contribution in [3.8, 4) is 5.75 Å². The first-order valence-electron chi connectivity index (χ1n) is 12.1. The molecule has 3 saturated heterocycles. The molecule has 3 heterocycles. The summed E-state index contributed by atoms with van der Waals surface area (Å²) in [7, 11) is 1.57. The van der Waals surface area contributed by atoms with Crippen LogP contribution in [0.1, 0.15) is 46.5 Å². The van der Waals surface area contributed by atoms with Crippen molar-refractivity contribution in [2.45, 2.75) is 69.7 Å². The first-order valence-corrected chi connectivity index (χ1v) is 12.1. The Labute approximate surface area is 200 Å². The first-order chi connectivity index (χ1) is 16.3. The van der Waals surface area contributed by atoms with Gasteiger partial charge in [-0.1, -0.05) is 13.8 Å². The number of nitrogens with zero attached hydrogens (tertiary/aromatic N) is 1.